The second kappa shape index (κ2) is 4.16. The molecule has 0 spiro atoms. The van der Waals surface area contributed by atoms with E-state index in [1.807, 2.05) is 6.08 Å². The van der Waals surface area contributed by atoms with Crippen LogP contribution < -0.4 is 5.32 Å². The lowest BCUT2D eigenvalue weighted by atomic mass is 10.3. The largest absolute Gasteiger partial charge is 0.308 e. The number of thiazole rings is 1. The van der Waals surface area contributed by atoms with Crippen molar-refractivity contribution in [2.75, 3.05) is 6.54 Å². The third-order valence-corrected chi connectivity index (χ3v) is 3.22. The molecule has 0 amide bonds. The number of aryl methyl sites for hydroxylation is 2. The van der Waals surface area contributed by atoms with Gasteiger partial charge < -0.3 is 5.32 Å². The number of imidazole rings is 1. The predicted molar refractivity (Wildman–Crippen MR) is 64.4 cm³/mol. The molecule has 0 fully saturated rings. The molecule has 0 radical (unpaired) electrons. The van der Waals surface area contributed by atoms with Crippen LogP contribution in [0.2, 0.25) is 0 Å². The number of rotatable bonds is 4. The van der Waals surface area contributed by atoms with Gasteiger partial charge in [-0.1, -0.05) is 6.08 Å². The molecule has 0 saturated carbocycles. The van der Waals surface area contributed by atoms with Crippen molar-refractivity contribution in [1.82, 2.24) is 14.7 Å². The molecular formula is C11H15N3S. The van der Waals surface area contributed by atoms with E-state index in [1.54, 1.807) is 11.3 Å². The number of nitrogens with zero attached hydrogens (tertiary/aromatic N) is 2. The van der Waals surface area contributed by atoms with Crippen LogP contribution in [0.5, 0.6) is 0 Å². The van der Waals surface area contributed by atoms with Gasteiger partial charge in [0.2, 0.25) is 0 Å². The van der Waals surface area contributed by atoms with Crippen molar-refractivity contribution in [3.8, 4) is 0 Å². The van der Waals surface area contributed by atoms with Gasteiger partial charge in [-0.15, -0.1) is 17.9 Å². The average Bonchev–Trinajstić information content (AvgIpc) is 2.65. The van der Waals surface area contributed by atoms with Crippen LogP contribution in [0.25, 0.3) is 4.96 Å². The molecule has 0 aliphatic rings. The van der Waals surface area contributed by atoms with Gasteiger partial charge in [-0.25, -0.2) is 4.98 Å². The molecule has 2 rings (SSSR count). The zero-order valence-electron chi connectivity index (χ0n) is 9.08. The second-order valence-corrected chi connectivity index (χ2v) is 4.77. The molecule has 0 aromatic carbocycles. The summed E-state index contributed by atoms with van der Waals surface area (Å²) in [4.78, 5) is 6.91. The van der Waals surface area contributed by atoms with Gasteiger partial charge in [0.25, 0.3) is 0 Å². The predicted octanol–water partition coefficient (Wildman–Crippen LogP) is 2.29. The fourth-order valence-electron chi connectivity index (χ4n) is 1.61. The highest BCUT2D eigenvalue weighted by Gasteiger charge is 2.09. The highest BCUT2D eigenvalue weighted by molar-refractivity contribution is 7.17. The maximum Gasteiger partial charge on any atom is 0.194 e. The smallest absolute Gasteiger partial charge is 0.194 e. The van der Waals surface area contributed by atoms with Crippen LogP contribution in [0.3, 0.4) is 0 Å². The van der Waals surface area contributed by atoms with Crippen molar-refractivity contribution in [1.29, 1.82) is 0 Å². The summed E-state index contributed by atoms with van der Waals surface area (Å²) >= 11 is 1.73. The molecule has 0 saturated heterocycles. The van der Waals surface area contributed by atoms with Gasteiger partial charge >= 0.3 is 0 Å². The van der Waals surface area contributed by atoms with Gasteiger partial charge in [0.05, 0.1) is 11.4 Å². The molecule has 0 unspecified atom stereocenters. The van der Waals surface area contributed by atoms with Crippen molar-refractivity contribution in [3.05, 3.63) is 35.1 Å². The molecule has 80 valence electrons. The molecule has 0 aliphatic heterocycles. The minimum atomic E-state index is 0.829. The van der Waals surface area contributed by atoms with Crippen molar-refractivity contribution in [2.24, 2.45) is 0 Å². The van der Waals surface area contributed by atoms with Crippen molar-refractivity contribution >= 4 is 16.3 Å². The van der Waals surface area contributed by atoms with Crippen LogP contribution in [0, 0.1) is 13.8 Å². The summed E-state index contributed by atoms with van der Waals surface area (Å²) in [6.45, 7) is 9.52. The number of hydrogen-bond acceptors (Lipinski definition) is 3. The van der Waals surface area contributed by atoms with E-state index in [1.165, 1.54) is 10.6 Å². The summed E-state index contributed by atoms with van der Waals surface area (Å²) in [5, 5.41) is 3.31. The first-order valence-electron chi connectivity index (χ1n) is 4.98. The quantitative estimate of drug-likeness (QED) is 0.634. The lowest BCUT2D eigenvalue weighted by Crippen LogP contribution is -2.14. The minimum absolute atomic E-state index is 0.829. The fourth-order valence-corrected chi connectivity index (χ4v) is 2.50. The van der Waals surface area contributed by atoms with Crippen molar-refractivity contribution < 1.29 is 0 Å². The van der Waals surface area contributed by atoms with E-state index < -0.39 is 0 Å². The summed E-state index contributed by atoms with van der Waals surface area (Å²) < 4.78 is 2.17. The monoisotopic (exact) mass is 221 g/mol. The summed E-state index contributed by atoms with van der Waals surface area (Å²) in [6, 6.07) is 0. The zero-order valence-corrected chi connectivity index (χ0v) is 9.90. The Kier molecular flexibility index (Phi) is 2.88. The lowest BCUT2D eigenvalue weighted by Gasteiger charge is -2.01. The van der Waals surface area contributed by atoms with Gasteiger partial charge in [0.15, 0.2) is 4.96 Å². The van der Waals surface area contributed by atoms with Gasteiger partial charge in [-0.3, -0.25) is 4.40 Å². The Bertz CT molecular complexity index is 481. The summed E-state index contributed by atoms with van der Waals surface area (Å²) in [5.74, 6) is 0. The average molecular weight is 221 g/mol. The van der Waals surface area contributed by atoms with Crippen molar-refractivity contribution in [3.63, 3.8) is 0 Å². The van der Waals surface area contributed by atoms with Crippen molar-refractivity contribution in [2.45, 2.75) is 20.4 Å². The Morgan fingerprint density at radius 3 is 3.13 bits per heavy atom. The highest BCUT2D eigenvalue weighted by Crippen LogP contribution is 2.20. The topological polar surface area (TPSA) is 29.3 Å². The van der Waals surface area contributed by atoms with E-state index in [0.717, 1.165) is 23.7 Å². The van der Waals surface area contributed by atoms with E-state index in [-0.39, 0.29) is 0 Å². The Balaban J connectivity index is 2.30. The molecule has 0 atom stereocenters. The molecule has 4 heteroatoms. The van der Waals surface area contributed by atoms with E-state index in [2.05, 4.69) is 41.3 Å². The Morgan fingerprint density at radius 1 is 1.60 bits per heavy atom. The fraction of sp³-hybridized carbons (Fsp3) is 0.364. The van der Waals surface area contributed by atoms with E-state index in [9.17, 15) is 0 Å². The molecule has 0 bridgehead atoms. The first-order valence-corrected chi connectivity index (χ1v) is 5.79. The maximum absolute atomic E-state index is 4.53. The number of nitrogens with one attached hydrogen (secondary N) is 1. The molecular weight excluding hydrogens is 206 g/mol. The molecule has 15 heavy (non-hydrogen) atoms. The van der Waals surface area contributed by atoms with Crippen LogP contribution in [-0.4, -0.2) is 15.9 Å². The van der Waals surface area contributed by atoms with E-state index in [4.69, 9.17) is 0 Å². The minimum Gasteiger partial charge on any atom is -0.308 e. The standard InChI is InChI=1S/C11H15N3S/c1-4-5-12-6-10-9(3)13-11-14(10)7-8(2)15-11/h4,7,12H,1,5-6H2,2-3H3. The Labute approximate surface area is 93.5 Å². The van der Waals surface area contributed by atoms with E-state index >= 15 is 0 Å². The van der Waals surface area contributed by atoms with Gasteiger partial charge in [0.1, 0.15) is 0 Å². The van der Waals surface area contributed by atoms with Gasteiger partial charge in [-0.05, 0) is 13.8 Å². The van der Waals surface area contributed by atoms with Gasteiger partial charge in [0, 0.05) is 24.2 Å². The van der Waals surface area contributed by atoms with Crippen LogP contribution in [-0.2, 0) is 6.54 Å². The first-order chi connectivity index (χ1) is 7.22. The van der Waals surface area contributed by atoms with Crippen LogP contribution in [0.4, 0.5) is 0 Å². The SMILES string of the molecule is C=CCNCc1c(C)nc2sc(C)cn12. The number of hydrogen-bond donors (Lipinski definition) is 1. The molecule has 2 aromatic rings. The third kappa shape index (κ3) is 1.96. The normalized spacial score (nSPS) is 11.1. The molecule has 1 N–H and O–H groups in total. The summed E-state index contributed by atoms with van der Waals surface area (Å²) in [6.07, 6.45) is 4.01. The highest BCUT2D eigenvalue weighted by atomic mass is 32.1. The molecule has 2 heterocycles. The molecule has 0 aliphatic carbocycles. The van der Waals surface area contributed by atoms with Crippen LogP contribution >= 0.6 is 11.3 Å². The molecule has 3 nitrogen and oxygen atoms in total. The van der Waals surface area contributed by atoms with Crippen LogP contribution in [0.1, 0.15) is 16.3 Å². The zero-order chi connectivity index (χ0) is 10.8. The summed E-state index contributed by atoms with van der Waals surface area (Å²) in [7, 11) is 0. The molecule has 2 aromatic heterocycles. The van der Waals surface area contributed by atoms with Gasteiger partial charge in [-0.2, -0.15) is 0 Å². The number of aromatic nitrogens is 2. The number of fused-ring (bicyclic) bond motifs is 1. The summed E-state index contributed by atoms with van der Waals surface area (Å²) in [5.41, 5.74) is 2.36. The Morgan fingerprint density at radius 2 is 2.40 bits per heavy atom. The lowest BCUT2D eigenvalue weighted by molar-refractivity contribution is 0.730. The van der Waals surface area contributed by atoms with E-state index in [0.29, 0.717) is 0 Å². The third-order valence-electron chi connectivity index (χ3n) is 2.32. The Hall–Kier alpha value is -1.13. The second-order valence-electron chi connectivity index (χ2n) is 3.56. The van der Waals surface area contributed by atoms with Crippen LogP contribution in [0.15, 0.2) is 18.9 Å². The maximum atomic E-state index is 4.53. The first kappa shape index (κ1) is 10.4.